The maximum atomic E-state index is 3.58. The summed E-state index contributed by atoms with van der Waals surface area (Å²) in [5.41, 5.74) is 1.72. The van der Waals surface area contributed by atoms with Crippen LogP contribution < -0.4 is 5.32 Å². The van der Waals surface area contributed by atoms with E-state index in [9.17, 15) is 0 Å². The van der Waals surface area contributed by atoms with E-state index in [0.29, 0.717) is 5.92 Å². The number of fused-ring (bicyclic) bond motifs is 1. The van der Waals surface area contributed by atoms with E-state index in [1.165, 1.54) is 20.5 Å². The van der Waals surface area contributed by atoms with E-state index in [1.807, 2.05) is 11.3 Å². The van der Waals surface area contributed by atoms with Gasteiger partial charge in [-0.3, -0.25) is 0 Å². The molecule has 104 valence electrons. The summed E-state index contributed by atoms with van der Waals surface area (Å²) in [7, 11) is 0. The number of thiophene rings is 1. The molecular formula is C17H25NS. The number of rotatable bonds is 4. The van der Waals surface area contributed by atoms with Crippen LogP contribution in [0.1, 0.15) is 45.1 Å². The molecule has 0 saturated heterocycles. The van der Waals surface area contributed by atoms with Gasteiger partial charge in [0.15, 0.2) is 0 Å². The Kier molecular flexibility index (Phi) is 4.32. The first-order valence-electron chi connectivity index (χ1n) is 7.11. The summed E-state index contributed by atoms with van der Waals surface area (Å²) < 4.78 is 1.41. The lowest BCUT2D eigenvalue weighted by molar-refractivity contribution is 0.543. The summed E-state index contributed by atoms with van der Waals surface area (Å²) >= 11 is 1.94. The molecule has 0 unspecified atom stereocenters. The summed E-state index contributed by atoms with van der Waals surface area (Å²) in [5, 5.41) is 5.02. The second kappa shape index (κ2) is 5.64. The van der Waals surface area contributed by atoms with Crippen molar-refractivity contribution in [2.75, 3.05) is 6.54 Å². The van der Waals surface area contributed by atoms with Crippen molar-refractivity contribution in [3.8, 4) is 0 Å². The van der Waals surface area contributed by atoms with Gasteiger partial charge in [0.2, 0.25) is 0 Å². The van der Waals surface area contributed by atoms with E-state index in [-0.39, 0.29) is 5.41 Å². The van der Waals surface area contributed by atoms with Gasteiger partial charge < -0.3 is 5.32 Å². The van der Waals surface area contributed by atoms with Gasteiger partial charge in [-0.25, -0.2) is 0 Å². The van der Waals surface area contributed by atoms with Crippen LogP contribution in [0.3, 0.4) is 0 Å². The van der Waals surface area contributed by atoms with Gasteiger partial charge in [-0.05, 0) is 34.9 Å². The third kappa shape index (κ3) is 3.37. The van der Waals surface area contributed by atoms with Crippen LogP contribution in [0.2, 0.25) is 0 Å². The van der Waals surface area contributed by atoms with E-state index < -0.39 is 0 Å². The number of benzene rings is 1. The quantitative estimate of drug-likeness (QED) is 0.833. The Morgan fingerprint density at radius 2 is 1.84 bits per heavy atom. The average molecular weight is 275 g/mol. The SMILES string of the molecule is CC(C)CNCc1sc2ccccc2c1C(C)(C)C. The zero-order valence-corrected chi connectivity index (χ0v) is 13.5. The van der Waals surface area contributed by atoms with Gasteiger partial charge in [-0.1, -0.05) is 52.8 Å². The normalized spacial score (nSPS) is 12.5. The van der Waals surface area contributed by atoms with Crippen molar-refractivity contribution in [1.29, 1.82) is 0 Å². The Labute approximate surface area is 121 Å². The molecule has 1 aromatic carbocycles. The lowest BCUT2D eigenvalue weighted by Crippen LogP contribution is -2.21. The van der Waals surface area contributed by atoms with E-state index in [0.717, 1.165) is 13.1 Å². The summed E-state index contributed by atoms with van der Waals surface area (Å²) in [6.45, 7) is 13.5. The van der Waals surface area contributed by atoms with Crippen LogP contribution in [0.4, 0.5) is 0 Å². The van der Waals surface area contributed by atoms with Crippen LogP contribution in [0.15, 0.2) is 24.3 Å². The van der Waals surface area contributed by atoms with Crippen molar-refractivity contribution in [3.63, 3.8) is 0 Å². The Morgan fingerprint density at radius 3 is 2.47 bits per heavy atom. The fourth-order valence-corrected chi connectivity index (χ4v) is 3.90. The molecule has 19 heavy (non-hydrogen) atoms. The standard InChI is InChI=1S/C17H25NS/c1-12(2)10-18-11-15-16(17(3,4)5)13-8-6-7-9-14(13)19-15/h6-9,12,18H,10-11H2,1-5H3. The molecule has 1 aromatic heterocycles. The molecule has 0 radical (unpaired) electrons. The first kappa shape index (κ1) is 14.5. The van der Waals surface area contributed by atoms with Gasteiger partial charge in [0.25, 0.3) is 0 Å². The molecule has 0 aliphatic heterocycles. The van der Waals surface area contributed by atoms with Gasteiger partial charge in [-0.15, -0.1) is 11.3 Å². The van der Waals surface area contributed by atoms with Crippen LogP contribution >= 0.6 is 11.3 Å². The van der Waals surface area contributed by atoms with Gasteiger partial charge in [0, 0.05) is 16.1 Å². The molecule has 0 bridgehead atoms. The predicted molar refractivity (Wildman–Crippen MR) is 87.1 cm³/mol. The minimum atomic E-state index is 0.203. The van der Waals surface area contributed by atoms with Gasteiger partial charge >= 0.3 is 0 Å². The van der Waals surface area contributed by atoms with Crippen molar-refractivity contribution < 1.29 is 0 Å². The minimum Gasteiger partial charge on any atom is -0.312 e. The Hall–Kier alpha value is -0.860. The minimum absolute atomic E-state index is 0.203. The molecule has 0 fully saturated rings. The monoisotopic (exact) mass is 275 g/mol. The Balaban J connectivity index is 2.36. The third-order valence-corrected chi connectivity index (χ3v) is 4.43. The summed E-state index contributed by atoms with van der Waals surface area (Å²) in [5.74, 6) is 0.701. The molecule has 2 rings (SSSR count). The van der Waals surface area contributed by atoms with E-state index >= 15 is 0 Å². The fraction of sp³-hybridized carbons (Fsp3) is 0.529. The van der Waals surface area contributed by atoms with Crippen molar-refractivity contribution in [1.82, 2.24) is 5.32 Å². The topological polar surface area (TPSA) is 12.0 Å². The molecule has 0 aliphatic rings. The Morgan fingerprint density at radius 1 is 1.16 bits per heavy atom. The van der Waals surface area contributed by atoms with E-state index in [1.54, 1.807) is 0 Å². The highest BCUT2D eigenvalue weighted by molar-refractivity contribution is 7.19. The van der Waals surface area contributed by atoms with E-state index in [2.05, 4.69) is 64.2 Å². The van der Waals surface area contributed by atoms with Crippen molar-refractivity contribution in [3.05, 3.63) is 34.7 Å². The zero-order chi connectivity index (χ0) is 14.0. The molecule has 1 nitrogen and oxygen atoms in total. The van der Waals surface area contributed by atoms with Crippen LogP contribution in [0.25, 0.3) is 10.1 Å². The number of hydrogen-bond acceptors (Lipinski definition) is 2. The first-order chi connectivity index (χ1) is 8.89. The average Bonchev–Trinajstić information content (AvgIpc) is 2.66. The molecule has 0 spiro atoms. The maximum absolute atomic E-state index is 3.58. The second-order valence-electron chi connectivity index (χ2n) is 6.67. The lowest BCUT2D eigenvalue weighted by atomic mass is 9.85. The highest BCUT2D eigenvalue weighted by Crippen LogP contribution is 2.38. The summed E-state index contributed by atoms with van der Waals surface area (Å²) in [4.78, 5) is 1.49. The van der Waals surface area contributed by atoms with Crippen molar-refractivity contribution in [2.45, 2.75) is 46.6 Å². The fourth-order valence-electron chi connectivity index (χ4n) is 2.52. The second-order valence-corrected chi connectivity index (χ2v) is 7.81. The molecule has 0 aliphatic carbocycles. The van der Waals surface area contributed by atoms with Crippen LogP contribution in [-0.4, -0.2) is 6.54 Å². The largest absolute Gasteiger partial charge is 0.312 e. The molecule has 0 saturated carbocycles. The molecule has 1 N–H and O–H groups in total. The first-order valence-corrected chi connectivity index (χ1v) is 7.93. The molecule has 2 heteroatoms. The van der Waals surface area contributed by atoms with Gasteiger partial charge in [0.05, 0.1) is 0 Å². The third-order valence-electron chi connectivity index (χ3n) is 3.26. The van der Waals surface area contributed by atoms with E-state index in [4.69, 9.17) is 0 Å². The summed E-state index contributed by atoms with van der Waals surface area (Å²) in [6, 6.07) is 8.78. The van der Waals surface area contributed by atoms with Crippen LogP contribution in [0.5, 0.6) is 0 Å². The smallest absolute Gasteiger partial charge is 0.0349 e. The highest BCUT2D eigenvalue weighted by Gasteiger charge is 2.23. The number of nitrogens with one attached hydrogen (secondary N) is 1. The molecular weight excluding hydrogens is 250 g/mol. The van der Waals surface area contributed by atoms with Crippen molar-refractivity contribution in [2.24, 2.45) is 5.92 Å². The van der Waals surface area contributed by atoms with Crippen LogP contribution in [0, 0.1) is 5.92 Å². The number of hydrogen-bond donors (Lipinski definition) is 1. The molecule has 0 atom stereocenters. The summed E-state index contributed by atoms with van der Waals surface area (Å²) in [6.07, 6.45) is 0. The zero-order valence-electron chi connectivity index (χ0n) is 12.7. The van der Waals surface area contributed by atoms with Crippen molar-refractivity contribution >= 4 is 21.4 Å². The van der Waals surface area contributed by atoms with Gasteiger partial charge in [-0.2, -0.15) is 0 Å². The van der Waals surface area contributed by atoms with Crippen LogP contribution in [-0.2, 0) is 12.0 Å². The maximum Gasteiger partial charge on any atom is 0.0349 e. The molecule has 2 aromatic rings. The lowest BCUT2D eigenvalue weighted by Gasteiger charge is -2.21. The molecule has 1 heterocycles. The predicted octanol–water partition coefficient (Wildman–Crippen LogP) is 4.94. The highest BCUT2D eigenvalue weighted by atomic mass is 32.1. The van der Waals surface area contributed by atoms with Gasteiger partial charge in [0.1, 0.15) is 0 Å². The molecule has 0 amide bonds. The Bertz CT molecular complexity index is 546.